The molecule has 6 nitrogen and oxygen atoms in total. The van der Waals surface area contributed by atoms with Gasteiger partial charge in [-0.05, 0) is 36.8 Å². The maximum atomic E-state index is 12.5. The normalized spacial score (nSPS) is 10.8. The number of methoxy groups -OCH3 is 1. The van der Waals surface area contributed by atoms with E-state index < -0.39 is 5.91 Å². The third kappa shape index (κ3) is 3.66. The molecule has 0 aliphatic heterocycles. The van der Waals surface area contributed by atoms with Gasteiger partial charge < -0.3 is 10.1 Å². The van der Waals surface area contributed by atoms with Gasteiger partial charge in [0, 0.05) is 16.1 Å². The van der Waals surface area contributed by atoms with Crippen LogP contribution < -0.4 is 15.6 Å². The highest BCUT2D eigenvalue weighted by molar-refractivity contribution is 6.31. The van der Waals surface area contributed by atoms with Crippen LogP contribution in [0.4, 0.5) is 5.69 Å². The van der Waals surface area contributed by atoms with Gasteiger partial charge in [-0.1, -0.05) is 23.2 Å². The van der Waals surface area contributed by atoms with Crippen molar-refractivity contribution in [1.82, 2.24) is 9.55 Å². The zero-order valence-electron chi connectivity index (χ0n) is 14.0. The number of carbonyl (C=O) groups excluding carboxylic acids is 1. The zero-order valence-corrected chi connectivity index (χ0v) is 15.6. The van der Waals surface area contributed by atoms with Crippen LogP contribution in [0.3, 0.4) is 0 Å². The minimum absolute atomic E-state index is 0.195. The smallest absolute Gasteiger partial charge is 0.261 e. The van der Waals surface area contributed by atoms with Crippen LogP contribution in [0.1, 0.15) is 5.56 Å². The number of halogens is 2. The summed E-state index contributed by atoms with van der Waals surface area (Å²) in [6.45, 7) is 1.62. The van der Waals surface area contributed by atoms with Gasteiger partial charge in [0.2, 0.25) is 5.91 Å². The van der Waals surface area contributed by atoms with Crippen LogP contribution in [0.2, 0.25) is 10.0 Å². The van der Waals surface area contributed by atoms with Crippen molar-refractivity contribution < 1.29 is 9.53 Å². The molecule has 1 aromatic heterocycles. The Morgan fingerprint density at radius 2 is 2.04 bits per heavy atom. The summed E-state index contributed by atoms with van der Waals surface area (Å²) < 4.78 is 6.46. The Labute approximate surface area is 159 Å². The SMILES string of the molecule is COc1cc(Cl)c(C)cc1NC(=O)Cn1cnc2ccc(Cl)cc2c1=O. The summed E-state index contributed by atoms with van der Waals surface area (Å²) in [5, 5.41) is 4.05. The molecule has 0 fully saturated rings. The summed E-state index contributed by atoms with van der Waals surface area (Å²) in [6, 6.07) is 8.18. The lowest BCUT2D eigenvalue weighted by molar-refractivity contribution is -0.116. The highest BCUT2D eigenvalue weighted by Crippen LogP contribution is 2.30. The predicted octanol–water partition coefficient (Wildman–Crippen LogP) is 3.66. The Morgan fingerprint density at radius 1 is 1.27 bits per heavy atom. The molecule has 3 aromatic rings. The van der Waals surface area contributed by atoms with E-state index in [0.717, 1.165) is 5.56 Å². The summed E-state index contributed by atoms with van der Waals surface area (Å²) in [7, 11) is 1.48. The number of anilines is 1. The summed E-state index contributed by atoms with van der Waals surface area (Å²) in [6.07, 6.45) is 1.34. The molecule has 1 N–H and O–H groups in total. The van der Waals surface area contributed by atoms with Crippen molar-refractivity contribution in [3.8, 4) is 5.75 Å². The van der Waals surface area contributed by atoms with E-state index in [9.17, 15) is 9.59 Å². The Morgan fingerprint density at radius 3 is 2.77 bits per heavy atom. The van der Waals surface area contributed by atoms with Gasteiger partial charge in [-0.3, -0.25) is 14.2 Å². The number of nitrogens with zero attached hydrogens (tertiary/aromatic N) is 2. The van der Waals surface area contributed by atoms with Crippen LogP contribution >= 0.6 is 23.2 Å². The van der Waals surface area contributed by atoms with Crippen molar-refractivity contribution in [2.75, 3.05) is 12.4 Å². The minimum atomic E-state index is -0.393. The number of nitrogens with one attached hydrogen (secondary N) is 1. The third-order valence-electron chi connectivity index (χ3n) is 3.85. The van der Waals surface area contributed by atoms with Crippen molar-refractivity contribution in [3.63, 3.8) is 0 Å². The molecule has 2 aromatic carbocycles. The highest BCUT2D eigenvalue weighted by atomic mass is 35.5. The largest absolute Gasteiger partial charge is 0.495 e. The fourth-order valence-electron chi connectivity index (χ4n) is 2.52. The fourth-order valence-corrected chi connectivity index (χ4v) is 2.84. The second-order valence-corrected chi connectivity index (χ2v) is 6.53. The van der Waals surface area contributed by atoms with Gasteiger partial charge in [-0.15, -0.1) is 0 Å². The molecule has 0 saturated heterocycles. The number of hydrogen-bond donors (Lipinski definition) is 1. The lowest BCUT2D eigenvalue weighted by Gasteiger charge is -2.13. The number of ether oxygens (including phenoxy) is 1. The lowest BCUT2D eigenvalue weighted by Crippen LogP contribution is -2.28. The number of carbonyl (C=O) groups is 1. The van der Waals surface area contributed by atoms with Gasteiger partial charge >= 0.3 is 0 Å². The summed E-state index contributed by atoms with van der Waals surface area (Å²) in [5.74, 6) is 0.0417. The van der Waals surface area contributed by atoms with Crippen LogP contribution in [0.5, 0.6) is 5.75 Å². The van der Waals surface area contributed by atoms with Crippen LogP contribution in [0.25, 0.3) is 10.9 Å². The van der Waals surface area contributed by atoms with E-state index >= 15 is 0 Å². The van der Waals surface area contributed by atoms with Gasteiger partial charge in [-0.2, -0.15) is 0 Å². The average Bonchev–Trinajstić information content (AvgIpc) is 2.61. The van der Waals surface area contributed by atoms with Crippen LogP contribution in [0.15, 0.2) is 41.5 Å². The first-order valence-electron chi connectivity index (χ1n) is 7.67. The Balaban J connectivity index is 1.87. The molecule has 1 amide bonds. The second-order valence-electron chi connectivity index (χ2n) is 5.69. The maximum Gasteiger partial charge on any atom is 0.261 e. The molecule has 0 spiro atoms. The van der Waals surface area contributed by atoms with Gasteiger partial charge in [-0.25, -0.2) is 4.98 Å². The molecular formula is C18H15Cl2N3O3. The Kier molecular flexibility index (Phi) is 5.15. The number of rotatable bonds is 4. The standard InChI is InChI=1S/C18H15Cl2N3O3/c1-10-5-15(16(26-2)7-13(10)20)22-17(24)8-23-9-21-14-4-3-11(19)6-12(14)18(23)25/h3-7,9H,8H2,1-2H3,(H,22,24). The van der Waals surface area contributed by atoms with Crippen molar-refractivity contribution in [2.45, 2.75) is 13.5 Å². The first-order chi connectivity index (χ1) is 12.4. The van der Waals surface area contributed by atoms with E-state index in [-0.39, 0.29) is 12.1 Å². The van der Waals surface area contributed by atoms with E-state index in [0.29, 0.717) is 32.4 Å². The fraction of sp³-hybridized carbons (Fsp3) is 0.167. The number of aryl methyl sites for hydroxylation is 1. The van der Waals surface area contributed by atoms with E-state index in [4.69, 9.17) is 27.9 Å². The molecule has 1 heterocycles. The van der Waals surface area contributed by atoms with E-state index in [1.807, 2.05) is 6.92 Å². The highest BCUT2D eigenvalue weighted by Gasteiger charge is 2.13. The molecule has 0 unspecified atom stereocenters. The number of hydrogen-bond acceptors (Lipinski definition) is 4. The van der Waals surface area contributed by atoms with Gasteiger partial charge in [0.05, 0.1) is 30.0 Å². The molecule has 0 bridgehead atoms. The molecule has 0 atom stereocenters. The molecule has 0 radical (unpaired) electrons. The molecule has 26 heavy (non-hydrogen) atoms. The molecule has 0 aliphatic rings. The van der Waals surface area contributed by atoms with Crippen LogP contribution in [-0.2, 0) is 11.3 Å². The van der Waals surface area contributed by atoms with Crippen molar-refractivity contribution in [1.29, 1.82) is 0 Å². The summed E-state index contributed by atoms with van der Waals surface area (Å²) in [5.41, 5.74) is 1.45. The molecule has 3 rings (SSSR count). The molecule has 134 valence electrons. The molecule has 8 heteroatoms. The van der Waals surface area contributed by atoms with Crippen molar-refractivity contribution >= 4 is 45.7 Å². The average molecular weight is 392 g/mol. The van der Waals surface area contributed by atoms with E-state index in [1.54, 1.807) is 24.3 Å². The number of aromatic nitrogens is 2. The number of benzene rings is 2. The van der Waals surface area contributed by atoms with Crippen LogP contribution in [0, 0.1) is 6.92 Å². The van der Waals surface area contributed by atoms with Crippen molar-refractivity contribution in [3.05, 3.63) is 62.6 Å². The second kappa shape index (κ2) is 7.35. The topological polar surface area (TPSA) is 73.2 Å². The number of fused-ring (bicyclic) bond motifs is 1. The minimum Gasteiger partial charge on any atom is -0.495 e. The zero-order chi connectivity index (χ0) is 18.8. The molecule has 0 aliphatic carbocycles. The summed E-state index contributed by atoms with van der Waals surface area (Å²) in [4.78, 5) is 29.1. The predicted molar refractivity (Wildman–Crippen MR) is 102 cm³/mol. The molecular weight excluding hydrogens is 377 g/mol. The number of amides is 1. The van der Waals surface area contributed by atoms with Gasteiger partial charge in [0.1, 0.15) is 12.3 Å². The quantitative estimate of drug-likeness (QED) is 0.736. The Hall–Kier alpha value is -2.57. The lowest BCUT2D eigenvalue weighted by atomic mass is 10.2. The third-order valence-corrected chi connectivity index (χ3v) is 4.50. The summed E-state index contributed by atoms with van der Waals surface area (Å²) >= 11 is 12.0. The monoisotopic (exact) mass is 391 g/mol. The van der Waals surface area contributed by atoms with Crippen LogP contribution in [-0.4, -0.2) is 22.6 Å². The van der Waals surface area contributed by atoms with E-state index in [2.05, 4.69) is 10.3 Å². The van der Waals surface area contributed by atoms with E-state index in [1.165, 1.54) is 24.1 Å². The first-order valence-corrected chi connectivity index (χ1v) is 8.43. The maximum absolute atomic E-state index is 12.5. The molecule has 0 saturated carbocycles. The Bertz CT molecular complexity index is 1060. The first kappa shape index (κ1) is 18.2. The van der Waals surface area contributed by atoms with Gasteiger partial charge in [0.15, 0.2) is 0 Å². The van der Waals surface area contributed by atoms with Crippen molar-refractivity contribution in [2.24, 2.45) is 0 Å². The van der Waals surface area contributed by atoms with Gasteiger partial charge in [0.25, 0.3) is 5.56 Å².